The molecule has 0 unspecified atom stereocenters. The average molecular weight is 455 g/mol. The maximum absolute atomic E-state index is 14.1. The molecule has 1 aromatic rings. The molecule has 2 saturated carbocycles. The highest BCUT2D eigenvalue weighted by Crippen LogP contribution is 2.45. The molecule has 1 saturated heterocycles. The van der Waals surface area contributed by atoms with Crippen molar-refractivity contribution in [2.24, 2.45) is 23.7 Å². The number of alkyl halides is 1. The van der Waals surface area contributed by atoms with Gasteiger partial charge in [-0.3, -0.25) is 0 Å². The summed E-state index contributed by atoms with van der Waals surface area (Å²) in [4.78, 5) is 0. The smallest absolute Gasteiger partial charge is 0.228 e. The summed E-state index contributed by atoms with van der Waals surface area (Å²) in [7, 11) is 0. The lowest BCUT2D eigenvalue weighted by Gasteiger charge is -2.41. The molecular formula is C26H37F3O3. The van der Waals surface area contributed by atoms with Gasteiger partial charge in [0.1, 0.15) is 0 Å². The molecule has 0 bridgehead atoms. The third kappa shape index (κ3) is 5.61. The molecule has 0 radical (unpaired) electrons. The van der Waals surface area contributed by atoms with Crippen molar-refractivity contribution in [3.63, 3.8) is 0 Å². The maximum atomic E-state index is 14.1. The summed E-state index contributed by atoms with van der Waals surface area (Å²) in [6.45, 7) is 2.64. The molecular weight excluding hydrogens is 417 g/mol. The molecule has 3 aliphatic rings. The van der Waals surface area contributed by atoms with Gasteiger partial charge in [-0.25, -0.2) is 13.2 Å². The summed E-state index contributed by atoms with van der Waals surface area (Å²) >= 11 is 0. The van der Waals surface area contributed by atoms with E-state index in [1.54, 1.807) is 0 Å². The first-order valence-corrected chi connectivity index (χ1v) is 12.5. The molecule has 0 amide bonds. The highest BCUT2D eigenvalue weighted by molar-refractivity contribution is 5.33. The van der Waals surface area contributed by atoms with Crippen LogP contribution in [-0.2, 0) is 9.47 Å². The fourth-order valence-electron chi connectivity index (χ4n) is 6.23. The first-order chi connectivity index (χ1) is 15.6. The summed E-state index contributed by atoms with van der Waals surface area (Å²) in [5.74, 6) is 0.408. The van der Waals surface area contributed by atoms with Crippen molar-refractivity contribution in [3.8, 4) is 5.75 Å². The van der Waals surface area contributed by atoms with Gasteiger partial charge in [-0.1, -0.05) is 13.3 Å². The summed E-state index contributed by atoms with van der Waals surface area (Å²) in [6, 6.07) is 2.64. The summed E-state index contributed by atoms with van der Waals surface area (Å²) < 4.78 is 57.1. The molecule has 32 heavy (non-hydrogen) atoms. The van der Waals surface area contributed by atoms with Crippen LogP contribution in [0.1, 0.15) is 82.6 Å². The third-order valence-electron chi connectivity index (χ3n) is 8.02. The number of hydrogen-bond donors (Lipinski definition) is 0. The average Bonchev–Trinajstić information content (AvgIpc) is 2.82. The van der Waals surface area contributed by atoms with E-state index in [1.165, 1.54) is 50.7 Å². The second kappa shape index (κ2) is 11.2. The lowest BCUT2D eigenvalue weighted by molar-refractivity contribution is -0.230. The minimum absolute atomic E-state index is 0.0195. The van der Waals surface area contributed by atoms with Crippen LogP contribution in [0.2, 0.25) is 0 Å². The lowest BCUT2D eigenvalue weighted by Crippen LogP contribution is -2.39. The summed E-state index contributed by atoms with van der Waals surface area (Å²) in [5, 5.41) is 0. The third-order valence-corrected chi connectivity index (χ3v) is 8.02. The van der Waals surface area contributed by atoms with Crippen molar-refractivity contribution < 1.29 is 27.4 Å². The van der Waals surface area contributed by atoms with Crippen molar-refractivity contribution >= 4 is 0 Å². The Balaban J connectivity index is 1.23. The Kier molecular flexibility index (Phi) is 8.38. The second-order valence-electron chi connectivity index (χ2n) is 10.0. The first kappa shape index (κ1) is 23.9. The molecule has 1 aliphatic heterocycles. The summed E-state index contributed by atoms with van der Waals surface area (Å²) in [5.41, 5.74) is 0.668. The molecule has 4 rings (SSSR count). The molecule has 3 fully saturated rings. The van der Waals surface area contributed by atoms with Gasteiger partial charge in [0, 0.05) is 11.8 Å². The predicted octanol–water partition coefficient (Wildman–Crippen LogP) is 7.14. The van der Waals surface area contributed by atoms with Crippen molar-refractivity contribution in [1.29, 1.82) is 0 Å². The monoisotopic (exact) mass is 454 g/mol. The van der Waals surface area contributed by atoms with Gasteiger partial charge in [0.2, 0.25) is 6.86 Å². The van der Waals surface area contributed by atoms with Gasteiger partial charge in [0.05, 0.1) is 13.2 Å². The minimum Gasteiger partial charge on any atom is -0.457 e. The molecule has 0 aromatic heterocycles. The van der Waals surface area contributed by atoms with Crippen LogP contribution in [0.5, 0.6) is 5.75 Å². The predicted molar refractivity (Wildman–Crippen MR) is 117 cm³/mol. The Bertz CT molecular complexity index is 696. The normalized spacial score (nSPS) is 33.8. The Labute approximate surface area is 190 Å². The minimum atomic E-state index is -1.24. The topological polar surface area (TPSA) is 27.7 Å². The summed E-state index contributed by atoms with van der Waals surface area (Å²) in [6.07, 6.45) is 11.2. The standard InChI is InChI=1S/C26H37F3O3/c1-2-3-17-14-30-26(31-15-17)21-10-8-19(9-11-21)18-4-6-20(7-5-18)22-12-23(28)25(32-16-27)24(29)13-22/h12-13,17-21,26H,2-11,14-16H2,1H3. The zero-order valence-electron chi connectivity index (χ0n) is 19.2. The van der Waals surface area contributed by atoms with E-state index in [0.717, 1.165) is 44.8 Å². The van der Waals surface area contributed by atoms with Crippen molar-refractivity contribution in [3.05, 3.63) is 29.3 Å². The van der Waals surface area contributed by atoms with Crippen LogP contribution >= 0.6 is 0 Å². The molecule has 2 aliphatic carbocycles. The first-order valence-electron chi connectivity index (χ1n) is 12.5. The van der Waals surface area contributed by atoms with Crippen molar-refractivity contribution in [2.45, 2.75) is 83.3 Å². The van der Waals surface area contributed by atoms with Crippen LogP contribution in [0.3, 0.4) is 0 Å². The quantitative estimate of drug-likeness (QED) is 0.438. The van der Waals surface area contributed by atoms with Crippen LogP contribution in [0.25, 0.3) is 0 Å². The Morgan fingerprint density at radius 3 is 1.91 bits per heavy atom. The number of halogens is 3. The number of rotatable bonds is 7. The van der Waals surface area contributed by atoms with Crippen LogP contribution in [-0.4, -0.2) is 26.4 Å². The molecule has 0 spiro atoms. The van der Waals surface area contributed by atoms with E-state index in [0.29, 0.717) is 23.3 Å². The molecule has 0 N–H and O–H groups in total. The van der Waals surface area contributed by atoms with Crippen LogP contribution in [0.4, 0.5) is 13.2 Å². The van der Waals surface area contributed by atoms with E-state index in [-0.39, 0.29) is 12.2 Å². The fraction of sp³-hybridized carbons (Fsp3) is 0.769. The van der Waals surface area contributed by atoms with E-state index in [9.17, 15) is 13.2 Å². The van der Waals surface area contributed by atoms with E-state index in [1.807, 2.05) is 0 Å². The van der Waals surface area contributed by atoms with Gasteiger partial charge in [0.25, 0.3) is 0 Å². The Morgan fingerprint density at radius 1 is 0.844 bits per heavy atom. The molecule has 1 aromatic carbocycles. The van der Waals surface area contributed by atoms with E-state index in [4.69, 9.17) is 9.47 Å². The Morgan fingerprint density at radius 2 is 1.38 bits per heavy atom. The van der Waals surface area contributed by atoms with Crippen molar-refractivity contribution in [2.75, 3.05) is 20.1 Å². The highest BCUT2D eigenvalue weighted by Gasteiger charge is 2.36. The zero-order valence-corrected chi connectivity index (χ0v) is 19.2. The molecule has 3 nitrogen and oxygen atoms in total. The van der Waals surface area contributed by atoms with Gasteiger partial charge >= 0.3 is 0 Å². The number of benzene rings is 1. The highest BCUT2D eigenvalue weighted by atomic mass is 19.1. The molecule has 1 heterocycles. The second-order valence-corrected chi connectivity index (χ2v) is 10.0. The van der Waals surface area contributed by atoms with Gasteiger partial charge in [-0.15, -0.1) is 0 Å². The largest absolute Gasteiger partial charge is 0.457 e. The molecule has 0 atom stereocenters. The van der Waals surface area contributed by atoms with E-state index >= 15 is 0 Å². The maximum Gasteiger partial charge on any atom is 0.228 e. The van der Waals surface area contributed by atoms with Gasteiger partial charge in [-0.2, -0.15) is 0 Å². The van der Waals surface area contributed by atoms with Crippen LogP contribution < -0.4 is 4.74 Å². The number of ether oxygens (including phenoxy) is 3. The van der Waals surface area contributed by atoms with Crippen LogP contribution in [0, 0.1) is 35.3 Å². The molecule has 6 heteroatoms. The van der Waals surface area contributed by atoms with Crippen LogP contribution in [0.15, 0.2) is 12.1 Å². The van der Waals surface area contributed by atoms with E-state index < -0.39 is 24.2 Å². The fourth-order valence-corrected chi connectivity index (χ4v) is 6.23. The molecule has 180 valence electrons. The van der Waals surface area contributed by atoms with Gasteiger partial charge in [-0.05, 0) is 93.2 Å². The Hall–Kier alpha value is -1.27. The van der Waals surface area contributed by atoms with Gasteiger partial charge < -0.3 is 14.2 Å². The SMILES string of the molecule is CCCC1COC(C2CCC(C3CCC(c4cc(F)c(OCF)c(F)c4)CC3)CC2)OC1. The van der Waals surface area contributed by atoms with Gasteiger partial charge in [0.15, 0.2) is 23.7 Å². The lowest BCUT2D eigenvalue weighted by atomic mass is 9.68. The number of hydrogen-bond acceptors (Lipinski definition) is 3. The van der Waals surface area contributed by atoms with E-state index in [2.05, 4.69) is 11.7 Å². The van der Waals surface area contributed by atoms with Crippen molar-refractivity contribution in [1.82, 2.24) is 0 Å². The zero-order chi connectivity index (χ0) is 22.5.